The van der Waals surface area contributed by atoms with Gasteiger partial charge in [-0.15, -0.1) is 0 Å². The zero-order valence-corrected chi connectivity index (χ0v) is 9.10. The fourth-order valence-electron chi connectivity index (χ4n) is 2.27. The number of hydrogen-bond donors (Lipinski definition) is 0. The highest BCUT2D eigenvalue weighted by atomic mass is 16.5. The minimum Gasteiger partial charge on any atom is -0.493 e. The third kappa shape index (κ3) is 1.69. The van der Waals surface area contributed by atoms with E-state index in [4.69, 9.17) is 4.74 Å². The van der Waals surface area contributed by atoms with Gasteiger partial charge in [-0.1, -0.05) is 48.5 Å². The smallest absolute Gasteiger partial charge is 0.122 e. The molecule has 0 saturated carbocycles. The maximum absolute atomic E-state index is 5.79. The van der Waals surface area contributed by atoms with Gasteiger partial charge in [-0.3, -0.25) is 0 Å². The Kier molecular flexibility index (Phi) is 2.37. The fraction of sp³-hybridized carbons (Fsp3) is 0.200. The van der Waals surface area contributed by atoms with E-state index in [1.165, 1.54) is 11.1 Å². The van der Waals surface area contributed by atoms with Gasteiger partial charge in [0.2, 0.25) is 0 Å². The summed E-state index contributed by atoms with van der Waals surface area (Å²) in [7, 11) is 0. The summed E-state index contributed by atoms with van der Waals surface area (Å²) < 4.78 is 5.79. The molecule has 1 atom stereocenters. The molecule has 2 aromatic carbocycles. The Morgan fingerprint density at radius 1 is 0.875 bits per heavy atom. The molecule has 16 heavy (non-hydrogen) atoms. The predicted octanol–water partition coefficient (Wildman–Crippen LogP) is 3.41. The van der Waals surface area contributed by atoms with Crippen LogP contribution in [0.5, 0.6) is 5.75 Å². The van der Waals surface area contributed by atoms with Gasteiger partial charge < -0.3 is 4.74 Å². The number of fused-ring (bicyclic) bond motifs is 1. The van der Waals surface area contributed by atoms with Gasteiger partial charge in [-0.2, -0.15) is 0 Å². The number of hydrogen-bond acceptors (Lipinski definition) is 1. The molecule has 0 N–H and O–H groups in total. The molecule has 3 rings (SSSR count). The molecule has 0 radical (unpaired) electrons. The lowest BCUT2D eigenvalue weighted by Gasteiger charge is -2.25. The van der Waals surface area contributed by atoms with Crippen molar-refractivity contribution in [3.63, 3.8) is 0 Å². The average molecular weight is 210 g/mol. The molecule has 1 aliphatic heterocycles. The summed E-state index contributed by atoms with van der Waals surface area (Å²) in [6.07, 6.45) is 1.08. The molecule has 0 aromatic heterocycles. The monoisotopic (exact) mass is 210 g/mol. The van der Waals surface area contributed by atoms with Crippen LogP contribution in [0.25, 0.3) is 0 Å². The largest absolute Gasteiger partial charge is 0.493 e. The highest BCUT2D eigenvalue weighted by Crippen LogP contribution is 2.31. The van der Waals surface area contributed by atoms with E-state index >= 15 is 0 Å². The number of benzene rings is 2. The van der Waals surface area contributed by atoms with Crippen LogP contribution in [0, 0.1) is 0 Å². The maximum atomic E-state index is 5.79. The lowest BCUT2D eigenvalue weighted by molar-refractivity contribution is 0.262. The van der Waals surface area contributed by atoms with Crippen molar-refractivity contribution in [2.75, 3.05) is 6.61 Å². The standard InChI is InChI=1S/C15H14O/c1-2-6-12(7-3-1)14-10-13-8-4-5-9-15(13)16-11-14/h1-9,14H,10-11H2. The highest BCUT2D eigenvalue weighted by molar-refractivity contribution is 5.37. The second kappa shape index (κ2) is 4.01. The van der Waals surface area contributed by atoms with Gasteiger partial charge in [0, 0.05) is 5.92 Å². The zero-order chi connectivity index (χ0) is 10.8. The molecule has 0 bridgehead atoms. The third-order valence-electron chi connectivity index (χ3n) is 3.15. The molecule has 1 aliphatic rings. The van der Waals surface area contributed by atoms with Crippen molar-refractivity contribution in [2.45, 2.75) is 12.3 Å². The lowest BCUT2D eigenvalue weighted by Crippen LogP contribution is -2.18. The summed E-state index contributed by atoms with van der Waals surface area (Å²) in [4.78, 5) is 0. The first kappa shape index (κ1) is 9.46. The Morgan fingerprint density at radius 3 is 2.50 bits per heavy atom. The maximum Gasteiger partial charge on any atom is 0.122 e. The third-order valence-corrected chi connectivity index (χ3v) is 3.15. The van der Waals surface area contributed by atoms with Crippen LogP contribution in [-0.4, -0.2) is 6.61 Å². The number of para-hydroxylation sites is 1. The van der Waals surface area contributed by atoms with Crippen LogP contribution in [0.2, 0.25) is 0 Å². The van der Waals surface area contributed by atoms with Crippen LogP contribution in [0.3, 0.4) is 0 Å². The SMILES string of the molecule is c1ccc(C2COc3ccccc3C2)cc1. The topological polar surface area (TPSA) is 9.23 Å². The minimum atomic E-state index is 0.496. The van der Waals surface area contributed by atoms with Crippen molar-refractivity contribution in [1.82, 2.24) is 0 Å². The van der Waals surface area contributed by atoms with Crippen LogP contribution in [0.1, 0.15) is 17.0 Å². The van der Waals surface area contributed by atoms with E-state index in [1.807, 2.05) is 6.07 Å². The van der Waals surface area contributed by atoms with Crippen molar-refractivity contribution >= 4 is 0 Å². The first-order valence-corrected chi connectivity index (χ1v) is 5.69. The molecular weight excluding hydrogens is 196 g/mol. The molecule has 0 amide bonds. The summed E-state index contributed by atoms with van der Waals surface area (Å²) >= 11 is 0. The first-order valence-electron chi connectivity index (χ1n) is 5.69. The van der Waals surface area contributed by atoms with Crippen LogP contribution >= 0.6 is 0 Å². The van der Waals surface area contributed by atoms with E-state index in [-0.39, 0.29) is 0 Å². The van der Waals surface area contributed by atoms with Gasteiger partial charge in [0.25, 0.3) is 0 Å². The molecular formula is C15H14O. The van der Waals surface area contributed by atoms with Crippen molar-refractivity contribution in [3.05, 3.63) is 65.7 Å². The fourth-order valence-corrected chi connectivity index (χ4v) is 2.27. The molecule has 0 fully saturated rings. The molecule has 1 heterocycles. The normalized spacial score (nSPS) is 18.6. The lowest BCUT2D eigenvalue weighted by atomic mass is 9.90. The molecule has 80 valence electrons. The Labute approximate surface area is 95.7 Å². The van der Waals surface area contributed by atoms with Crippen LogP contribution in [0.4, 0.5) is 0 Å². The molecule has 1 unspecified atom stereocenters. The quantitative estimate of drug-likeness (QED) is 0.701. The highest BCUT2D eigenvalue weighted by Gasteiger charge is 2.20. The van der Waals surface area contributed by atoms with Crippen molar-refractivity contribution in [2.24, 2.45) is 0 Å². The van der Waals surface area contributed by atoms with Crippen LogP contribution in [-0.2, 0) is 6.42 Å². The summed E-state index contributed by atoms with van der Waals surface area (Å²) in [6.45, 7) is 0.793. The Balaban J connectivity index is 1.89. The molecule has 1 heteroatoms. The van der Waals surface area contributed by atoms with Gasteiger partial charge in [0.05, 0.1) is 6.61 Å². The summed E-state index contributed by atoms with van der Waals surface area (Å²) in [5, 5.41) is 0. The van der Waals surface area contributed by atoms with Crippen molar-refractivity contribution in [3.8, 4) is 5.75 Å². The van der Waals surface area contributed by atoms with E-state index in [1.54, 1.807) is 0 Å². The second-order valence-electron chi connectivity index (χ2n) is 4.23. The number of rotatable bonds is 1. The Morgan fingerprint density at radius 2 is 1.62 bits per heavy atom. The van der Waals surface area contributed by atoms with Gasteiger partial charge in [-0.05, 0) is 23.6 Å². The number of ether oxygens (including phenoxy) is 1. The molecule has 0 aliphatic carbocycles. The molecule has 0 spiro atoms. The van der Waals surface area contributed by atoms with E-state index in [0.29, 0.717) is 5.92 Å². The van der Waals surface area contributed by atoms with Gasteiger partial charge in [0.1, 0.15) is 5.75 Å². The zero-order valence-electron chi connectivity index (χ0n) is 9.10. The first-order chi connectivity index (χ1) is 7.93. The van der Waals surface area contributed by atoms with E-state index in [9.17, 15) is 0 Å². The predicted molar refractivity (Wildman–Crippen MR) is 64.8 cm³/mol. The van der Waals surface area contributed by atoms with Gasteiger partial charge in [-0.25, -0.2) is 0 Å². The molecule has 0 saturated heterocycles. The second-order valence-corrected chi connectivity index (χ2v) is 4.23. The van der Waals surface area contributed by atoms with Crippen molar-refractivity contribution in [1.29, 1.82) is 0 Å². The summed E-state index contributed by atoms with van der Waals surface area (Å²) in [5.41, 5.74) is 2.69. The Hall–Kier alpha value is -1.76. The average Bonchev–Trinajstić information content (AvgIpc) is 2.39. The van der Waals surface area contributed by atoms with E-state index < -0.39 is 0 Å². The molecule has 2 aromatic rings. The van der Waals surface area contributed by atoms with Crippen molar-refractivity contribution < 1.29 is 4.74 Å². The van der Waals surface area contributed by atoms with E-state index in [2.05, 4.69) is 48.5 Å². The summed E-state index contributed by atoms with van der Waals surface area (Å²) in [6, 6.07) is 18.9. The van der Waals surface area contributed by atoms with Gasteiger partial charge in [0.15, 0.2) is 0 Å². The van der Waals surface area contributed by atoms with E-state index in [0.717, 1.165) is 18.8 Å². The summed E-state index contributed by atoms with van der Waals surface area (Å²) in [5.74, 6) is 1.55. The Bertz CT molecular complexity index is 476. The van der Waals surface area contributed by atoms with Gasteiger partial charge >= 0.3 is 0 Å². The minimum absolute atomic E-state index is 0.496. The van der Waals surface area contributed by atoms with Crippen LogP contribution in [0.15, 0.2) is 54.6 Å². The van der Waals surface area contributed by atoms with Crippen LogP contribution < -0.4 is 4.74 Å². The molecule has 1 nitrogen and oxygen atoms in total.